The minimum absolute atomic E-state index is 0.108. The van der Waals surface area contributed by atoms with Crippen LogP contribution < -0.4 is 10.1 Å². The van der Waals surface area contributed by atoms with Crippen molar-refractivity contribution in [3.63, 3.8) is 0 Å². The van der Waals surface area contributed by atoms with Crippen molar-refractivity contribution in [2.24, 2.45) is 0 Å². The van der Waals surface area contributed by atoms with Gasteiger partial charge >= 0.3 is 0 Å². The van der Waals surface area contributed by atoms with Gasteiger partial charge in [-0.1, -0.05) is 30.0 Å². The molecule has 0 saturated carbocycles. The van der Waals surface area contributed by atoms with Gasteiger partial charge in [-0.2, -0.15) is 0 Å². The maximum atomic E-state index is 12.6. The second-order valence-electron chi connectivity index (χ2n) is 6.35. The molecule has 7 nitrogen and oxygen atoms in total. The Labute approximate surface area is 182 Å². The van der Waals surface area contributed by atoms with Gasteiger partial charge in [0.05, 0.1) is 35.7 Å². The van der Waals surface area contributed by atoms with Crippen LogP contribution in [0.1, 0.15) is 12.7 Å². The second kappa shape index (κ2) is 9.19. The maximum absolute atomic E-state index is 12.6. The first kappa shape index (κ1) is 20.2. The summed E-state index contributed by atoms with van der Waals surface area (Å²) in [5.41, 5.74) is 0.819. The number of thioether (sulfide) groups is 1. The highest BCUT2D eigenvalue weighted by atomic mass is 32.2. The van der Waals surface area contributed by atoms with Gasteiger partial charge in [0, 0.05) is 0 Å². The third kappa shape index (κ3) is 4.27. The number of ether oxygens (including phenoxy) is 1. The van der Waals surface area contributed by atoms with Crippen LogP contribution in [0.5, 0.6) is 5.75 Å². The molecule has 0 fully saturated rings. The summed E-state index contributed by atoms with van der Waals surface area (Å²) in [6.07, 6.45) is 1.58. The fourth-order valence-electron chi connectivity index (χ4n) is 2.89. The number of carbonyl (C=O) groups excluding carboxylic acids is 1. The van der Waals surface area contributed by atoms with E-state index in [-0.39, 0.29) is 11.2 Å². The van der Waals surface area contributed by atoms with Gasteiger partial charge in [-0.05, 0) is 42.6 Å². The third-order valence-corrected chi connectivity index (χ3v) is 6.28. The van der Waals surface area contributed by atoms with E-state index >= 15 is 0 Å². The van der Waals surface area contributed by atoms with Gasteiger partial charge in [0.1, 0.15) is 11.5 Å². The fraction of sp³-hybridized carbons (Fsp3) is 0.190. The lowest BCUT2D eigenvalue weighted by Crippen LogP contribution is -2.30. The van der Waals surface area contributed by atoms with Crippen LogP contribution in [0.4, 0.5) is 0 Å². The summed E-state index contributed by atoms with van der Waals surface area (Å²) in [5, 5.41) is 13.9. The van der Waals surface area contributed by atoms with Crippen LogP contribution in [0, 0.1) is 0 Å². The van der Waals surface area contributed by atoms with E-state index in [0.717, 1.165) is 10.6 Å². The molecule has 0 saturated heterocycles. The van der Waals surface area contributed by atoms with Crippen molar-refractivity contribution in [3.8, 4) is 22.1 Å². The first-order valence-corrected chi connectivity index (χ1v) is 11.0. The molecule has 3 aromatic heterocycles. The minimum atomic E-state index is -0.381. The Bertz CT molecular complexity index is 1110. The number of rotatable bonds is 8. The molecule has 154 valence electrons. The van der Waals surface area contributed by atoms with Crippen LogP contribution in [0.15, 0.2) is 69.7 Å². The van der Waals surface area contributed by atoms with E-state index in [1.54, 1.807) is 30.8 Å². The van der Waals surface area contributed by atoms with Gasteiger partial charge in [0.2, 0.25) is 5.91 Å². The van der Waals surface area contributed by atoms with E-state index < -0.39 is 0 Å². The lowest BCUT2D eigenvalue weighted by molar-refractivity contribution is -0.120. The Kier molecular flexibility index (Phi) is 6.20. The Hall–Kier alpha value is -3.04. The summed E-state index contributed by atoms with van der Waals surface area (Å²) in [4.78, 5) is 13.6. The first-order valence-electron chi connectivity index (χ1n) is 9.27. The van der Waals surface area contributed by atoms with Crippen LogP contribution in [0.3, 0.4) is 0 Å². The number of nitrogens with zero attached hydrogens (tertiary/aromatic N) is 3. The summed E-state index contributed by atoms with van der Waals surface area (Å²) in [5.74, 6) is 2.01. The van der Waals surface area contributed by atoms with Crippen molar-refractivity contribution in [2.75, 3.05) is 7.11 Å². The highest BCUT2D eigenvalue weighted by molar-refractivity contribution is 8.00. The summed E-state index contributed by atoms with van der Waals surface area (Å²) in [6, 6.07) is 15.3. The molecule has 0 aliphatic carbocycles. The quantitative estimate of drug-likeness (QED) is 0.409. The third-order valence-electron chi connectivity index (χ3n) is 4.37. The zero-order valence-electron chi connectivity index (χ0n) is 16.4. The molecule has 3 heterocycles. The van der Waals surface area contributed by atoms with Crippen molar-refractivity contribution in [2.45, 2.75) is 23.9 Å². The van der Waals surface area contributed by atoms with Crippen LogP contribution >= 0.6 is 23.1 Å². The van der Waals surface area contributed by atoms with Gasteiger partial charge < -0.3 is 14.5 Å². The predicted molar refractivity (Wildman–Crippen MR) is 117 cm³/mol. The molecule has 0 bridgehead atoms. The van der Waals surface area contributed by atoms with Crippen LogP contribution in [-0.4, -0.2) is 33.0 Å². The number of methoxy groups -OCH3 is 1. The molecule has 0 radical (unpaired) electrons. The molecule has 1 amide bonds. The topological polar surface area (TPSA) is 82.2 Å². The Morgan fingerprint density at radius 2 is 2.10 bits per heavy atom. The van der Waals surface area contributed by atoms with Gasteiger partial charge in [-0.15, -0.1) is 21.5 Å². The zero-order valence-corrected chi connectivity index (χ0v) is 18.1. The predicted octanol–water partition coefficient (Wildman–Crippen LogP) is 4.39. The second-order valence-corrected chi connectivity index (χ2v) is 8.60. The molecule has 4 aromatic rings. The van der Waals surface area contributed by atoms with Crippen molar-refractivity contribution in [1.82, 2.24) is 20.1 Å². The van der Waals surface area contributed by atoms with E-state index in [2.05, 4.69) is 15.5 Å². The molecule has 0 unspecified atom stereocenters. The van der Waals surface area contributed by atoms with E-state index in [4.69, 9.17) is 9.15 Å². The monoisotopic (exact) mass is 440 g/mol. The number of amides is 1. The molecule has 1 atom stereocenters. The average molecular weight is 441 g/mol. The van der Waals surface area contributed by atoms with E-state index in [1.807, 2.05) is 59.3 Å². The van der Waals surface area contributed by atoms with E-state index in [9.17, 15) is 4.79 Å². The van der Waals surface area contributed by atoms with Gasteiger partial charge in [-0.3, -0.25) is 9.36 Å². The molecule has 1 N–H and O–H groups in total. The zero-order chi connectivity index (χ0) is 20.9. The van der Waals surface area contributed by atoms with Gasteiger partial charge in [0.15, 0.2) is 11.0 Å². The summed E-state index contributed by atoms with van der Waals surface area (Å²) >= 11 is 2.92. The SMILES string of the molecule is COc1ccccc1-n1c(S[C@@H](C)C(=O)NCc2ccco2)nnc1-c1cccs1. The average Bonchev–Trinajstić information content (AvgIpc) is 3.53. The van der Waals surface area contributed by atoms with E-state index in [1.165, 1.54) is 11.8 Å². The number of aromatic nitrogens is 3. The van der Waals surface area contributed by atoms with E-state index in [0.29, 0.717) is 29.0 Å². The highest BCUT2D eigenvalue weighted by Gasteiger charge is 2.23. The molecule has 0 spiro atoms. The Morgan fingerprint density at radius 1 is 1.23 bits per heavy atom. The van der Waals surface area contributed by atoms with Crippen molar-refractivity contribution >= 4 is 29.0 Å². The Morgan fingerprint density at radius 3 is 2.83 bits per heavy atom. The largest absolute Gasteiger partial charge is 0.495 e. The van der Waals surface area contributed by atoms with Gasteiger partial charge in [0.25, 0.3) is 0 Å². The van der Waals surface area contributed by atoms with Crippen LogP contribution in [0.25, 0.3) is 16.4 Å². The smallest absolute Gasteiger partial charge is 0.233 e. The number of benzene rings is 1. The molecule has 0 aliphatic rings. The van der Waals surface area contributed by atoms with Crippen molar-refractivity contribution in [3.05, 3.63) is 65.9 Å². The van der Waals surface area contributed by atoms with Crippen LogP contribution in [0.2, 0.25) is 0 Å². The summed E-state index contributed by atoms with van der Waals surface area (Å²) < 4.78 is 12.8. The minimum Gasteiger partial charge on any atom is -0.495 e. The fourth-order valence-corrected chi connectivity index (χ4v) is 4.47. The summed E-state index contributed by atoms with van der Waals surface area (Å²) in [6.45, 7) is 2.19. The van der Waals surface area contributed by atoms with Crippen molar-refractivity contribution in [1.29, 1.82) is 0 Å². The van der Waals surface area contributed by atoms with Crippen molar-refractivity contribution < 1.29 is 13.9 Å². The molecule has 0 aliphatic heterocycles. The number of furan rings is 1. The normalized spacial score (nSPS) is 11.9. The number of para-hydroxylation sites is 2. The molecular formula is C21H20N4O3S2. The molecular weight excluding hydrogens is 420 g/mol. The maximum Gasteiger partial charge on any atom is 0.233 e. The van der Waals surface area contributed by atoms with Crippen LogP contribution in [-0.2, 0) is 11.3 Å². The highest BCUT2D eigenvalue weighted by Crippen LogP contribution is 2.35. The molecule has 1 aromatic carbocycles. The number of carbonyl (C=O) groups is 1. The number of nitrogens with one attached hydrogen (secondary N) is 1. The lowest BCUT2D eigenvalue weighted by Gasteiger charge is -2.15. The van der Waals surface area contributed by atoms with Gasteiger partial charge in [-0.25, -0.2) is 0 Å². The lowest BCUT2D eigenvalue weighted by atomic mass is 10.3. The first-order chi connectivity index (χ1) is 14.7. The number of hydrogen-bond acceptors (Lipinski definition) is 7. The molecule has 9 heteroatoms. The number of thiophene rings is 1. The molecule has 4 rings (SSSR count). The number of hydrogen-bond donors (Lipinski definition) is 1. The Balaban J connectivity index is 1.62. The standard InChI is InChI=1S/C21H20N4O3S2/c1-14(20(26)22-13-15-7-5-11-28-15)30-21-24-23-19(18-10-6-12-29-18)25(21)16-8-3-4-9-17(16)27-2/h3-12,14H,13H2,1-2H3,(H,22,26)/t14-/m0/s1. The summed E-state index contributed by atoms with van der Waals surface area (Å²) in [7, 11) is 1.63. The molecule has 30 heavy (non-hydrogen) atoms.